The van der Waals surface area contributed by atoms with Crippen LogP contribution in [0, 0.1) is 5.92 Å². The largest absolute Gasteiger partial charge is 0.492 e. The molecule has 0 aromatic heterocycles. The minimum Gasteiger partial charge on any atom is -0.492 e. The third-order valence-corrected chi connectivity index (χ3v) is 8.44. The molecule has 0 heterocycles. The molecule has 1 amide bonds. The Hall–Kier alpha value is -2.24. The van der Waals surface area contributed by atoms with Crippen molar-refractivity contribution in [2.24, 2.45) is 5.92 Å². The van der Waals surface area contributed by atoms with E-state index in [-0.39, 0.29) is 12.1 Å². The van der Waals surface area contributed by atoms with Crippen LogP contribution in [-0.2, 0) is 20.7 Å². The van der Waals surface area contributed by atoms with Gasteiger partial charge in [0.25, 0.3) is 0 Å². The molecule has 1 aromatic carbocycles. The Morgan fingerprint density at radius 3 is 1.93 bits per heavy atom. The molecular formula is C36H61NO5. The zero-order valence-electron chi connectivity index (χ0n) is 27.0. The van der Waals surface area contributed by atoms with Gasteiger partial charge in [0, 0.05) is 6.42 Å². The van der Waals surface area contributed by atoms with E-state index in [1.54, 1.807) is 6.92 Å². The van der Waals surface area contributed by atoms with Crippen molar-refractivity contribution in [3.8, 4) is 5.75 Å². The van der Waals surface area contributed by atoms with Crippen molar-refractivity contribution < 1.29 is 23.8 Å². The van der Waals surface area contributed by atoms with Gasteiger partial charge in [-0.25, -0.2) is 4.79 Å². The Morgan fingerprint density at radius 2 is 1.33 bits per heavy atom. The van der Waals surface area contributed by atoms with E-state index in [4.69, 9.17) is 14.2 Å². The summed E-state index contributed by atoms with van der Waals surface area (Å²) in [5.74, 6) is 1.14. The van der Waals surface area contributed by atoms with Crippen molar-refractivity contribution in [2.75, 3.05) is 19.8 Å². The monoisotopic (exact) mass is 587 g/mol. The van der Waals surface area contributed by atoms with Gasteiger partial charge in [-0.1, -0.05) is 115 Å². The highest BCUT2D eigenvalue weighted by molar-refractivity contribution is 5.69. The second-order valence-corrected chi connectivity index (χ2v) is 12.1. The third-order valence-electron chi connectivity index (χ3n) is 8.44. The molecule has 0 bridgehead atoms. The van der Waals surface area contributed by atoms with Gasteiger partial charge < -0.3 is 19.5 Å². The number of hydrogen-bond acceptors (Lipinski definition) is 5. The van der Waals surface area contributed by atoms with Gasteiger partial charge in [-0.05, 0) is 62.6 Å². The van der Waals surface area contributed by atoms with Gasteiger partial charge in [0.05, 0.1) is 13.2 Å². The average molecular weight is 588 g/mol. The molecule has 2 unspecified atom stereocenters. The fourth-order valence-electron chi connectivity index (χ4n) is 5.96. The summed E-state index contributed by atoms with van der Waals surface area (Å²) in [4.78, 5) is 23.9. The Morgan fingerprint density at radius 1 is 0.762 bits per heavy atom. The van der Waals surface area contributed by atoms with E-state index >= 15 is 0 Å². The average Bonchev–Trinajstić information content (AvgIpc) is 2.99. The maximum absolute atomic E-state index is 12.6. The zero-order valence-corrected chi connectivity index (χ0v) is 27.0. The van der Waals surface area contributed by atoms with Crippen LogP contribution in [-0.4, -0.2) is 37.9 Å². The maximum atomic E-state index is 12.6. The number of carbonyl (C=O) groups excluding carboxylic acids is 2. The van der Waals surface area contributed by atoms with E-state index in [2.05, 4.69) is 24.4 Å². The zero-order chi connectivity index (χ0) is 30.1. The number of esters is 1. The SMILES string of the molecule is CCCCCCCCCCCCCCCCCC(=O)OC1CCCCC1Cc1ccc(OCCNC(=O)OCC)cc1. The van der Waals surface area contributed by atoms with Crippen molar-refractivity contribution in [2.45, 2.75) is 155 Å². The number of ether oxygens (including phenoxy) is 3. The molecule has 240 valence electrons. The predicted molar refractivity (Wildman–Crippen MR) is 172 cm³/mol. The van der Waals surface area contributed by atoms with Crippen LogP contribution in [0.5, 0.6) is 5.75 Å². The Labute approximate surface area is 257 Å². The Bertz CT molecular complexity index is 812. The summed E-state index contributed by atoms with van der Waals surface area (Å²) < 4.78 is 16.6. The molecule has 2 rings (SSSR count). The van der Waals surface area contributed by atoms with Crippen molar-refractivity contribution in [3.63, 3.8) is 0 Å². The smallest absolute Gasteiger partial charge is 0.407 e. The number of rotatable bonds is 24. The topological polar surface area (TPSA) is 73.9 Å². The summed E-state index contributed by atoms with van der Waals surface area (Å²) in [5, 5.41) is 2.65. The molecule has 1 aliphatic carbocycles. The predicted octanol–water partition coefficient (Wildman–Crippen LogP) is 9.72. The summed E-state index contributed by atoms with van der Waals surface area (Å²) in [7, 11) is 0. The number of amides is 1. The Kier molecular flexibility index (Phi) is 20.7. The second kappa shape index (κ2) is 24.2. The summed E-state index contributed by atoms with van der Waals surface area (Å²) >= 11 is 0. The molecule has 0 aliphatic heterocycles. The van der Waals surface area contributed by atoms with E-state index in [1.165, 1.54) is 95.5 Å². The second-order valence-electron chi connectivity index (χ2n) is 12.1. The van der Waals surface area contributed by atoms with E-state index in [9.17, 15) is 9.59 Å². The van der Waals surface area contributed by atoms with Crippen LogP contribution < -0.4 is 10.1 Å². The molecule has 6 nitrogen and oxygen atoms in total. The highest BCUT2D eigenvalue weighted by atomic mass is 16.5. The molecule has 1 N–H and O–H groups in total. The van der Waals surface area contributed by atoms with Crippen LogP contribution in [0.3, 0.4) is 0 Å². The number of unbranched alkanes of at least 4 members (excludes halogenated alkanes) is 14. The molecule has 0 radical (unpaired) electrons. The summed E-state index contributed by atoms with van der Waals surface area (Å²) in [6, 6.07) is 8.13. The van der Waals surface area contributed by atoms with E-state index in [1.807, 2.05) is 12.1 Å². The van der Waals surface area contributed by atoms with Gasteiger partial charge in [-0.3, -0.25) is 4.79 Å². The molecule has 2 atom stereocenters. The molecule has 6 heteroatoms. The van der Waals surface area contributed by atoms with Crippen molar-refractivity contribution in [1.29, 1.82) is 0 Å². The maximum Gasteiger partial charge on any atom is 0.407 e. The summed E-state index contributed by atoms with van der Waals surface area (Å²) in [5.41, 5.74) is 1.24. The molecule has 1 saturated carbocycles. The highest BCUT2D eigenvalue weighted by Crippen LogP contribution is 2.31. The first kappa shape index (κ1) is 36.0. The third kappa shape index (κ3) is 17.7. The first-order valence-corrected chi connectivity index (χ1v) is 17.4. The van der Waals surface area contributed by atoms with Crippen LogP contribution in [0.2, 0.25) is 0 Å². The lowest BCUT2D eigenvalue weighted by Crippen LogP contribution is -2.31. The number of hydrogen-bond donors (Lipinski definition) is 1. The molecule has 1 aliphatic rings. The molecule has 1 aromatic rings. The number of benzene rings is 1. The molecule has 1 fully saturated rings. The van der Waals surface area contributed by atoms with E-state index in [0.29, 0.717) is 32.1 Å². The molecule has 42 heavy (non-hydrogen) atoms. The lowest BCUT2D eigenvalue weighted by atomic mass is 9.82. The first-order chi connectivity index (χ1) is 20.6. The van der Waals surface area contributed by atoms with Crippen LogP contribution in [0.15, 0.2) is 24.3 Å². The van der Waals surface area contributed by atoms with Crippen molar-refractivity contribution >= 4 is 12.1 Å². The quantitative estimate of drug-likeness (QED) is 0.0962. The standard InChI is InChI=1S/C36H61NO5/c1-3-5-6-7-8-9-10-11-12-13-14-15-16-17-18-23-35(38)42-34-22-20-19-21-32(34)30-31-24-26-33(27-25-31)41-29-28-37-36(39)40-4-2/h24-27,32,34H,3-23,28-30H2,1-2H3,(H,37,39). The summed E-state index contributed by atoms with van der Waals surface area (Å²) in [6.45, 7) is 5.20. The van der Waals surface area contributed by atoms with Gasteiger partial charge in [0.2, 0.25) is 0 Å². The highest BCUT2D eigenvalue weighted by Gasteiger charge is 2.28. The summed E-state index contributed by atoms with van der Waals surface area (Å²) in [6.07, 6.45) is 25.5. The lowest BCUT2D eigenvalue weighted by Gasteiger charge is -2.31. The van der Waals surface area contributed by atoms with Crippen molar-refractivity contribution in [1.82, 2.24) is 5.32 Å². The first-order valence-electron chi connectivity index (χ1n) is 17.4. The number of carbonyl (C=O) groups is 2. The van der Waals surface area contributed by atoms with E-state index in [0.717, 1.165) is 44.3 Å². The molecular weight excluding hydrogens is 526 g/mol. The van der Waals surface area contributed by atoms with Gasteiger partial charge in [0.15, 0.2) is 0 Å². The van der Waals surface area contributed by atoms with Crippen LogP contribution in [0.1, 0.15) is 148 Å². The normalized spacial score (nSPS) is 16.6. The lowest BCUT2D eigenvalue weighted by molar-refractivity contribution is -0.153. The number of alkyl carbamates (subject to hydrolysis) is 1. The van der Waals surface area contributed by atoms with Gasteiger partial charge in [-0.2, -0.15) is 0 Å². The van der Waals surface area contributed by atoms with Crippen molar-refractivity contribution in [3.05, 3.63) is 29.8 Å². The van der Waals surface area contributed by atoms with Crippen LogP contribution >= 0.6 is 0 Å². The van der Waals surface area contributed by atoms with Gasteiger partial charge in [-0.15, -0.1) is 0 Å². The molecule has 0 saturated heterocycles. The van der Waals surface area contributed by atoms with Crippen LogP contribution in [0.4, 0.5) is 4.79 Å². The van der Waals surface area contributed by atoms with E-state index < -0.39 is 6.09 Å². The van der Waals surface area contributed by atoms with Crippen LogP contribution in [0.25, 0.3) is 0 Å². The minimum atomic E-state index is -0.422. The fourth-order valence-corrected chi connectivity index (χ4v) is 5.96. The Balaban J connectivity index is 1.52. The molecule has 0 spiro atoms. The minimum absolute atomic E-state index is 0.0123. The number of nitrogens with one attached hydrogen (secondary N) is 1. The fraction of sp³-hybridized carbons (Fsp3) is 0.778. The van der Waals surface area contributed by atoms with Gasteiger partial charge >= 0.3 is 12.1 Å². The van der Waals surface area contributed by atoms with Gasteiger partial charge in [0.1, 0.15) is 18.5 Å².